The number of para-hydroxylation sites is 1. The first-order valence-electron chi connectivity index (χ1n) is 9.43. The number of nitrogens with one attached hydrogen (secondary N) is 2. The van der Waals surface area contributed by atoms with E-state index in [1.807, 2.05) is 25.1 Å². The first kappa shape index (κ1) is 21.1. The third kappa shape index (κ3) is 5.72. The maximum Gasteiger partial charge on any atom is 0.257 e. The van der Waals surface area contributed by atoms with Crippen LogP contribution >= 0.6 is 11.6 Å². The lowest BCUT2D eigenvalue weighted by molar-refractivity contribution is -0.111. The van der Waals surface area contributed by atoms with Crippen LogP contribution < -0.4 is 15.4 Å². The Morgan fingerprint density at radius 3 is 2.37 bits per heavy atom. The van der Waals surface area contributed by atoms with Crippen molar-refractivity contribution in [3.8, 4) is 5.75 Å². The van der Waals surface area contributed by atoms with Crippen LogP contribution in [0.5, 0.6) is 5.75 Å². The van der Waals surface area contributed by atoms with Crippen molar-refractivity contribution in [2.24, 2.45) is 0 Å². The highest BCUT2D eigenvalue weighted by molar-refractivity contribution is 6.32. The van der Waals surface area contributed by atoms with Crippen molar-refractivity contribution < 1.29 is 14.3 Å². The third-order valence-corrected chi connectivity index (χ3v) is 4.52. The van der Waals surface area contributed by atoms with Gasteiger partial charge in [-0.15, -0.1) is 0 Å². The zero-order valence-corrected chi connectivity index (χ0v) is 17.1. The minimum atomic E-state index is -0.365. The molecule has 0 fully saturated rings. The van der Waals surface area contributed by atoms with Crippen molar-refractivity contribution in [3.05, 3.63) is 95.0 Å². The molecular weight excluding hydrogens is 400 g/mol. The number of hydrogen-bond acceptors (Lipinski definition) is 3. The predicted octanol–water partition coefficient (Wildman–Crippen LogP) is 5.64. The maximum atomic E-state index is 12.7. The van der Waals surface area contributed by atoms with E-state index in [9.17, 15) is 9.59 Å². The topological polar surface area (TPSA) is 67.4 Å². The largest absolute Gasteiger partial charge is 0.494 e. The Morgan fingerprint density at radius 1 is 0.933 bits per heavy atom. The summed E-state index contributed by atoms with van der Waals surface area (Å²) in [5.41, 5.74) is 2.12. The van der Waals surface area contributed by atoms with Crippen molar-refractivity contribution in [1.29, 1.82) is 0 Å². The van der Waals surface area contributed by atoms with Crippen LogP contribution in [0, 0.1) is 0 Å². The van der Waals surface area contributed by atoms with Gasteiger partial charge in [0.05, 0.1) is 17.9 Å². The van der Waals surface area contributed by atoms with Gasteiger partial charge in [-0.2, -0.15) is 0 Å². The number of carbonyl (C=O) groups excluding carboxylic acids is 2. The first-order valence-corrected chi connectivity index (χ1v) is 9.81. The summed E-state index contributed by atoms with van der Waals surface area (Å²) in [4.78, 5) is 25.1. The first-order chi connectivity index (χ1) is 14.6. The van der Waals surface area contributed by atoms with E-state index in [-0.39, 0.29) is 11.8 Å². The average Bonchev–Trinajstić information content (AvgIpc) is 2.75. The van der Waals surface area contributed by atoms with Gasteiger partial charge in [0.15, 0.2) is 0 Å². The predicted molar refractivity (Wildman–Crippen MR) is 121 cm³/mol. The molecule has 3 aromatic carbocycles. The summed E-state index contributed by atoms with van der Waals surface area (Å²) in [5, 5.41) is 6.12. The fourth-order valence-corrected chi connectivity index (χ4v) is 2.94. The summed E-state index contributed by atoms with van der Waals surface area (Å²) in [7, 11) is 0. The molecule has 30 heavy (non-hydrogen) atoms. The number of halogens is 1. The van der Waals surface area contributed by atoms with Crippen molar-refractivity contribution in [1.82, 2.24) is 0 Å². The quantitative estimate of drug-likeness (QED) is 0.486. The van der Waals surface area contributed by atoms with E-state index in [0.717, 1.165) is 11.3 Å². The molecule has 0 aliphatic rings. The Bertz CT molecular complexity index is 1060. The van der Waals surface area contributed by atoms with Gasteiger partial charge in [0.25, 0.3) is 5.91 Å². The lowest BCUT2D eigenvalue weighted by Gasteiger charge is -2.11. The molecule has 0 bridgehead atoms. The van der Waals surface area contributed by atoms with Gasteiger partial charge in [-0.05, 0) is 61.0 Å². The van der Waals surface area contributed by atoms with Gasteiger partial charge in [0.2, 0.25) is 5.91 Å². The van der Waals surface area contributed by atoms with Gasteiger partial charge in [0, 0.05) is 16.8 Å². The van der Waals surface area contributed by atoms with Gasteiger partial charge in [0.1, 0.15) is 5.75 Å². The summed E-state index contributed by atoms with van der Waals surface area (Å²) in [5.74, 6) is 0.0369. The van der Waals surface area contributed by atoms with E-state index in [4.69, 9.17) is 16.3 Å². The van der Waals surface area contributed by atoms with E-state index in [2.05, 4.69) is 10.6 Å². The van der Waals surface area contributed by atoms with E-state index in [1.54, 1.807) is 60.7 Å². The molecule has 0 aliphatic heterocycles. The molecule has 0 spiro atoms. The second-order valence-corrected chi connectivity index (χ2v) is 6.71. The smallest absolute Gasteiger partial charge is 0.257 e. The number of amides is 2. The highest BCUT2D eigenvalue weighted by Crippen LogP contribution is 2.20. The lowest BCUT2D eigenvalue weighted by Crippen LogP contribution is -2.17. The Labute approximate surface area is 180 Å². The fraction of sp³-hybridized carbons (Fsp3) is 0.0833. The van der Waals surface area contributed by atoms with Gasteiger partial charge < -0.3 is 15.4 Å². The molecule has 0 unspecified atom stereocenters. The van der Waals surface area contributed by atoms with Gasteiger partial charge in [-0.25, -0.2) is 0 Å². The molecule has 0 saturated carbocycles. The Hall–Kier alpha value is -3.57. The second-order valence-electron chi connectivity index (χ2n) is 6.30. The fourth-order valence-electron chi connectivity index (χ4n) is 2.74. The Morgan fingerprint density at radius 2 is 1.63 bits per heavy atom. The lowest BCUT2D eigenvalue weighted by atomic mass is 10.1. The van der Waals surface area contributed by atoms with E-state index >= 15 is 0 Å². The maximum absolute atomic E-state index is 12.7. The molecular formula is C24H21ClN2O3. The monoisotopic (exact) mass is 420 g/mol. The van der Waals surface area contributed by atoms with Crippen LogP contribution in [-0.2, 0) is 4.79 Å². The molecule has 0 aliphatic carbocycles. The van der Waals surface area contributed by atoms with Crippen LogP contribution in [0.3, 0.4) is 0 Å². The molecule has 6 heteroatoms. The van der Waals surface area contributed by atoms with Crippen LogP contribution in [0.1, 0.15) is 22.8 Å². The van der Waals surface area contributed by atoms with Crippen molar-refractivity contribution in [2.75, 3.05) is 17.2 Å². The molecule has 5 nitrogen and oxygen atoms in total. The number of hydrogen-bond donors (Lipinski definition) is 2. The average molecular weight is 421 g/mol. The second kappa shape index (κ2) is 10.3. The third-order valence-electron chi connectivity index (χ3n) is 4.17. The normalized spacial score (nSPS) is 10.6. The molecule has 0 atom stereocenters. The Balaban J connectivity index is 1.69. The SMILES string of the molecule is CCOc1ccc(NC(=O)c2ccccc2NC(=O)/C=C/c2ccccc2Cl)cc1. The zero-order chi connectivity index (χ0) is 21.3. The highest BCUT2D eigenvalue weighted by Gasteiger charge is 2.12. The van der Waals surface area contributed by atoms with Crippen molar-refractivity contribution in [2.45, 2.75) is 6.92 Å². The van der Waals surface area contributed by atoms with E-state index in [0.29, 0.717) is 28.6 Å². The zero-order valence-electron chi connectivity index (χ0n) is 16.4. The van der Waals surface area contributed by atoms with Crippen LogP contribution in [0.25, 0.3) is 6.08 Å². The highest BCUT2D eigenvalue weighted by atomic mass is 35.5. The minimum Gasteiger partial charge on any atom is -0.494 e. The molecule has 0 heterocycles. The standard InChI is InChI=1S/C24H21ClN2O3/c1-2-30-19-14-12-18(13-15-19)26-24(29)20-8-4-6-10-22(20)27-23(28)16-11-17-7-3-5-9-21(17)25/h3-16H,2H2,1H3,(H,26,29)(H,27,28)/b16-11+. The summed E-state index contributed by atoms with van der Waals surface area (Å²) in [6.07, 6.45) is 3.00. The summed E-state index contributed by atoms with van der Waals surface area (Å²) in [6.45, 7) is 2.48. The number of benzene rings is 3. The summed E-state index contributed by atoms with van der Waals surface area (Å²) in [6, 6.07) is 21.1. The molecule has 0 radical (unpaired) electrons. The van der Waals surface area contributed by atoms with Crippen LogP contribution in [0.2, 0.25) is 5.02 Å². The van der Waals surface area contributed by atoms with E-state index in [1.165, 1.54) is 6.08 Å². The molecule has 0 aromatic heterocycles. The minimum absolute atomic E-state index is 0.329. The number of ether oxygens (including phenoxy) is 1. The van der Waals surface area contributed by atoms with Crippen molar-refractivity contribution in [3.63, 3.8) is 0 Å². The van der Waals surface area contributed by atoms with Crippen LogP contribution in [-0.4, -0.2) is 18.4 Å². The number of rotatable bonds is 7. The van der Waals surface area contributed by atoms with Crippen molar-refractivity contribution >= 4 is 40.9 Å². The molecule has 3 aromatic rings. The molecule has 152 valence electrons. The van der Waals surface area contributed by atoms with Gasteiger partial charge in [-0.1, -0.05) is 41.9 Å². The summed E-state index contributed by atoms with van der Waals surface area (Å²) >= 11 is 6.10. The Kier molecular flexibility index (Phi) is 7.24. The molecule has 2 amide bonds. The molecule has 2 N–H and O–H groups in total. The van der Waals surface area contributed by atoms with Crippen LogP contribution in [0.4, 0.5) is 11.4 Å². The molecule has 0 saturated heterocycles. The van der Waals surface area contributed by atoms with Crippen LogP contribution in [0.15, 0.2) is 78.9 Å². The molecule has 3 rings (SSSR count). The van der Waals surface area contributed by atoms with E-state index < -0.39 is 0 Å². The van der Waals surface area contributed by atoms with Gasteiger partial charge >= 0.3 is 0 Å². The number of carbonyl (C=O) groups is 2. The summed E-state index contributed by atoms with van der Waals surface area (Å²) < 4.78 is 5.40. The number of anilines is 2. The van der Waals surface area contributed by atoms with Gasteiger partial charge in [-0.3, -0.25) is 9.59 Å².